The molecule has 0 aromatic heterocycles. The molecule has 0 saturated carbocycles. The van der Waals surface area contributed by atoms with Gasteiger partial charge in [0.05, 0.1) is 6.61 Å². The van der Waals surface area contributed by atoms with Gasteiger partial charge in [0.1, 0.15) is 0 Å². The van der Waals surface area contributed by atoms with Crippen molar-refractivity contribution >= 4 is 6.03 Å². The molecular formula is C16H28N2O2. The molecule has 0 aliphatic carbocycles. The fourth-order valence-electron chi connectivity index (χ4n) is 4.07. The Hall–Kier alpha value is -0.770. The van der Waals surface area contributed by atoms with Crippen molar-refractivity contribution in [2.75, 3.05) is 39.4 Å². The van der Waals surface area contributed by atoms with E-state index in [2.05, 4.69) is 9.80 Å². The number of urea groups is 1. The SMILES string of the molecule is O=C(N1CCCCCC1)N1CCCC2(CCCOC2)C1. The number of likely N-dealkylation sites (tertiary alicyclic amines) is 2. The summed E-state index contributed by atoms with van der Waals surface area (Å²) >= 11 is 0. The predicted molar refractivity (Wildman–Crippen MR) is 78.7 cm³/mol. The molecule has 3 fully saturated rings. The average molecular weight is 280 g/mol. The van der Waals surface area contributed by atoms with Gasteiger partial charge in [-0.25, -0.2) is 4.79 Å². The van der Waals surface area contributed by atoms with Crippen LogP contribution in [0.15, 0.2) is 0 Å². The van der Waals surface area contributed by atoms with Crippen LogP contribution in [-0.2, 0) is 4.74 Å². The molecule has 1 unspecified atom stereocenters. The van der Waals surface area contributed by atoms with Crippen molar-refractivity contribution in [2.45, 2.75) is 51.4 Å². The van der Waals surface area contributed by atoms with E-state index in [1.165, 1.54) is 38.5 Å². The third-order valence-corrected chi connectivity index (χ3v) is 5.21. The van der Waals surface area contributed by atoms with Crippen LogP contribution in [0.3, 0.4) is 0 Å². The Balaban J connectivity index is 1.62. The minimum atomic E-state index is 0.262. The summed E-state index contributed by atoms with van der Waals surface area (Å²) in [6.45, 7) is 5.54. The molecule has 1 atom stereocenters. The number of hydrogen-bond acceptors (Lipinski definition) is 2. The van der Waals surface area contributed by atoms with Crippen LogP contribution in [0, 0.1) is 5.41 Å². The van der Waals surface area contributed by atoms with Crippen LogP contribution in [0.5, 0.6) is 0 Å². The smallest absolute Gasteiger partial charge is 0.320 e. The predicted octanol–water partition coefficient (Wildman–Crippen LogP) is 2.88. The molecule has 3 heterocycles. The maximum atomic E-state index is 12.7. The van der Waals surface area contributed by atoms with Crippen molar-refractivity contribution in [1.82, 2.24) is 9.80 Å². The molecule has 2 amide bonds. The second-order valence-corrected chi connectivity index (χ2v) is 6.87. The van der Waals surface area contributed by atoms with Crippen LogP contribution >= 0.6 is 0 Å². The Labute approximate surface area is 122 Å². The lowest BCUT2D eigenvalue weighted by molar-refractivity contribution is -0.0428. The van der Waals surface area contributed by atoms with E-state index in [0.717, 1.165) is 52.2 Å². The zero-order valence-corrected chi connectivity index (χ0v) is 12.6. The molecule has 1 spiro atoms. The Morgan fingerprint density at radius 2 is 1.55 bits per heavy atom. The highest BCUT2D eigenvalue weighted by molar-refractivity contribution is 5.74. The molecule has 114 valence electrons. The molecule has 3 aliphatic heterocycles. The second kappa shape index (κ2) is 6.33. The third-order valence-electron chi connectivity index (χ3n) is 5.21. The molecule has 20 heavy (non-hydrogen) atoms. The van der Waals surface area contributed by atoms with Crippen LogP contribution in [0.2, 0.25) is 0 Å². The molecule has 4 heteroatoms. The lowest BCUT2D eigenvalue weighted by Gasteiger charge is -2.45. The van der Waals surface area contributed by atoms with E-state index in [1.807, 2.05) is 0 Å². The molecule has 3 rings (SSSR count). The van der Waals surface area contributed by atoms with Gasteiger partial charge in [0.2, 0.25) is 0 Å². The first-order valence-corrected chi connectivity index (χ1v) is 8.41. The lowest BCUT2D eigenvalue weighted by atomic mass is 9.76. The van der Waals surface area contributed by atoms with Gasteiger partial charge in [-0.1, -0.05) is 12.8 Å². The normalized spacial score (nSPS) is 32.2. The topological polar surface area (TPSA) is 32.8 Å². The first kappa shape index (κ1) is 14.2. The fourth-order valence-corrected chi connectivity index (χ4v) is 4.07. The van der Waals surface area contributed by atoms with Crippen molar-refractivity contribution in [1.29, 1.82) is 0 Å². The highest BCUT2D eigenvalue weighted by Crippen LogP contribution is 2.37. The summed E-state index contributed by atoms with van der Waals surface area (Å²) in [7, 11) is 0. The van der Waals surface area contributed by atoms with E-state index in [9.17, 15) is 4.79 Å². The molecule has 0 radical (unpaired) electrons. The summed E-state index contributed by atoms with van der Waals surface area (Å²) in [5, 5.41) is 0. The maximum absolute atomic E-state index is 12.7. The Kier molecular flexibility index (Phi) is 4.49. The standard InChI is InChI=1S/C16H28N2O2/c19-15(17-9-3-1-2-4-10-17)18-11-5-7-16(13-18)8-6-12-20-14-16/h1-14H2. The number of amides is 2. The number of rotatable bonds is 0. The number of nitrogens with zero attached hydrogens (tertiary/aromatic N) is 2. The van der Waals surface area contributed by atoms with Gasteiger partial charge in [-0.05, 0) is 38.5 Å². The van der Waals surface area contributed by atoms with E-state index in [0.29, 0.717) is 0 Å². The van der Waals surface area contributed by atoms with Crippen LogP contribution in [0.4, 0.5) is 4.79 Å². The average Bonchev–Trinajstić information content (AvgIpc) is 2.76. The Morgan fingerprint density at radius 1 is 0.850 bits per heavy atom. The van der Waals surface area contributed by atoms with Crippen molar-refractivity contribution in [3.8, 4) is 0 Å². The zero-order chi connectivity index (χ0) is 13.8. The number of ether oxygens (including phenoxy) is 1. The van der Waals surface area contributed by atoms with E-state index in [1.54, 1.807) is 0 Å². The molecular weight excluding hydrogens is 252 g/mol. The zero-order valence-electron chi connectivity index (χ0n) is 12.6. The number of piperidine rings is 1. The molecule has 3 saturated heterocycles. The van der Waals surface area contributed by atoms with E-state index in [4.69, 9.17) is 4.74 Å². The van der Waals surface area contributed by atoms with Crippen LogP contribution in [0.1, 0.15) is 51.4 Å². The minimum Gasteiger partial charge on any atom is -0.381 e. The Morgan fingerprint density at radius 3 is 2.25 bits per heavy atom. The van der Waals surface area contributed by atoms with Gasteiger partial charge in [0, 0.05) is 38.2 Å². The first-order chi connectivity index (χ1) is 9.79. The van der Waals surface area contributed by atoms with Gasteiger partial charge >= 0.3 is 6.03 Å². The highest BCUT2D eigenvalue weighted by atomic mass is 16.5. The van der Waals surface area contributed by atoms with E-state index >= 15 is 0 Å². The van der Waals surface area contributed by atoms with Gasteiger partial charge in [-0.15, -0.1) is 0 Å². The van der Waals surface area contributed by atoms with Gasteiger partial charge in [0.15, 0.2) is 0 Å². The monoisotopic (exact) mass is 280 g/mol. The minimum absolute atomic E-state index is 0.262. The van der Waals surface area contributed by atoms with Gasteiger partial charge in [0.25, 0.3) is 0 Å². The fraction of sp³-hybridized carbons (Fsp3) is 0.938. The van der Waals surface area contributed by atoms with Crippen LogP contribution < -0.4 is 0 Å². The van der Waals surface area contributed by atoms with Gasteiger partial charge < -0.3 is 14.5 Å². The van der Waals surface area contributed by atoms with Gasteiger partial charge in [-0.3, -0.25) is 0 Å². The van der Waals surface area contributed by atoms with Crippen molar-refractivity contribution < 1.29 is 9.53 Å². The van der Waals surface area contributed by atoms with Crippen LogP contribution in [-0.4, -0.2) is 55.2 Å². The van der Waals surface area contributed by atoms with E-state index in [-0.39, 0.29) is 11.4 Å². The molecule has 0 N–H and O–H groups in total. The number of carbonyl (C=O) groups is 1. The summed E-state index contributed by atoms with van der Waals surface area (Å²) in [6.07, 6.45) is 9.67. The largest absolute Gasteiger partial charge is 0.381 e. The van der Waals surface area contributed by atoms with Crippen molar-refractivity contribution in [2.24, 2.45) is 5.41 Å². The van der Waals surface area contributed by atoms with Crippen LogP contribution in [0.25, 0.3) is 0 Å². The first-order valence-electron chi connectivity index (χ1n) is 8.41. The third kappa shape index (κ3) is 3.11. The maximum Gasteiger partial charge on any atom is 0.320 e. The van der Waals surface area contributed by atoms with Gasteiger partial charge in [-0.2, -0.15) is 0 Å². The van der Waals surface area contributed by atoms with Crippen molar-refractivity contribution in [3.63, 3.8) is 0 Å². The summed E-state index contributed by atoms with van der Waals surface area (Å²) in [4.78, 5) is 17.0. The Bertz CT molecular complexity index is 326. The summed E-state index contributed by atoms with van der Waals surface area (Å²) in [5.41, 5.74) is 0.262. The molecule has 3 aliphatic rings. The molecule has 0 aromatic carbocycles. The van der Waals surface area contributed by atoms with E-state index < -0.39 is 0 Å². The van der Waals surface area contributed by atoms with Crippen molar-refractivity contribution in [3.05, 3.63) is 0 Å². The molecule has 0 aromatic rings. The summed E-state index contributed by atoms with van der Waals surface area (Å²) in [6, 6.07) is 0.288. The summed E-state index contributed by atoms with van der Waals surface area (Å²) in [5.74, 6) is 0. The lowest BCUT2D eigenvalue weighted by Crippen LogP contribution is -2.53. The second-order valence-electron chi connectivity index (χ2n) is 6.87. The number of hydrogen-bond donors (Lipinski definition) is 0. The number of carbonyl (C=O) groups excluding carboxylic acids is 1. The molecule has 0 bridgehead atoms. The summed E-state index contributed by atoms with van der Waals surface area (Å²) < 4.78 is 5.70. The molecule has 4 nitrogen and oxygen atoms in total. The quantitative estimate of drug-likeness (QED) is 0.683. The highest BCUT2D eigenvalue weighted by Gasteiger charge is 2.39.